The summed E-state index contributed by atoms with van der Waals surface area (Å²) in [5, 5.41) is 2.29. The number of anilines is 1. The SMILES string of the molecule is COc1ccc(Br)cc1/C=C1/SC(=O)N(CC(=O)Nc2cccc(C)c2C)C1=O. The van der Waals surface area contributed by atoms with Crippen LogP contribution in [0.5, 0.6) is 5.75 Å². The van der Waals surface area contributed by atoms with Crippen LogP contribution in [-0.4, -0.2) is 35.6 Å². The zero-order valence-corrected chi connectivity index (χ0v) is 18.5. The van der Waals surface area contributed by atoms with E-state index in [9.17, 15) is 14.4 Å². The number of amides is 3. The van der Waals surface area contributed by atoms with E-state index >= 15 is 0 Å². The average molecular weight is 475 g/mol. The summed E-state index contributed by atoms with van der Waals surface area (Å²) in [6.45, 7) is 3.51. The molecular formula is C21H19BrN2O4S. The molecule has 0 aliphatic carbocycles. The van der Waals surface area contributed by atoms with Crippen LogP contribution in [0.3, 0.4) is 0 Å². The van der Waals surface area contributed by atoms with Crippen LogP contribution in [0, 0.1) is 13.8 Å². The highest BCUT2D eigenvalue weighted by Crippen LogP contribution is 2.34. The van der Waals surface area contributed by atoms with Gasteiger partial charge in [0.15, 0.2) is 0 Å². The van der Waals surface area contributed by atoms with E-state index in [1.54, 1.807) is 24.3 Å². The molecule has 8 heteroatoms. The lowest BCUT2D eigenvalue weighted by atomic mass is 10.1. The van der Waals surface area contributed by atoms with Gasteiger partial charge in [0.25, 0.3) is 11.1 Å². The molecule has 3 amide bonds. The van der Waals surface area contributed by atoms with Crippen LogP contribution in [0.15, 0.2) is 45.8 Å². The molecule has 0 saturated carbocycles. The molecular weight excluding hydrogens is 456 g/mol. The van der Waals surface area contributed by atoms with Gasteiger partial charge in [-0.05, 0) is 67.1 Å². The molecule has 1 fully saturated rings. The molecule has 0 aromatic heterocycles. The normalized spacial score (nSPS) is 15.2. The number of imide groups is 1. The lowest BCUT2D eigenvalue weighted by Gasteiger charge is -2.14. The van der Waals surface area contributed by atoms with E-state index in [0.29, 0.717) is 17.0 Å². The molecule has 1 aliphatic heterocycles. The van der Waals surface area contributed by atoms with E-state index in [4.69, 9.17) is 4.74 Å². The predicted molar refractivity (Wildman–Crippen MR) is 118 cm³/mol. The van der Waals surface area contributed by atoms with Crippen molar-refractivity contribution in [1.82, 2.24) is 4.90 Å². The molecule has 2 aromatic rings. The van der Waals surface area contributed by atoms with Crippen LogP contribution in [0.1, 0.15) is 16.7 Å². The second kappa shape index (κ2) is 8.84. The predicted octanol–water partition coefficient (Wildman–Crippen LogP) is 4.75. The van der Waals surface area contributed by atoms with Crippen molar-refractivity contribution in [2.45, 2.75) is 13.8 Å². The second-order valence-corrected chi connectivity index (χ2v) is 8.36. The number of aryl methyl sites for hydroxylation is 1. The van der Waals surface area contributed by atoms with Crippen molar-refractivity contribution in [2.75, 3.05) is 19.0 Å². The van der Waals surface area contributed by atoms with Gasteiger partial charge in [-0.2, -0.15) is 0 Å². The molecule has 3 rings (SSSR count). The summed E-state index contributed by atoms with van der Waals surface area (Å²) in [4.78, 5) is 38.6. The quantitative estimate of drug-likeness (QED) is 0.632. The first kappa shape index (κ1) is 21.1. The number of carbonyl (C=O) groups excluding carboxylic acids is 3. The summed E-state index contributed by atoms with van der Waals surface area (Å²) in [7, 11) is 1.53. The zero-order valence-electron chi connectivity index (χ0n) is 16.1. The van der Waals surface area contributed by atoms with Gasteiger partial charge < -0.3 is 10.1 Å². The molecule has 0 unspecified atom stereocenters. The number of rotatable bonds is 5. The zero-order chi connectivity index (χ0) is 21.1. The second-order valence-electron chi connectivity index (χ2n) is 6.45. The van der Waals surface area contributed by atoms with Crippen LogP contribution in [0.2, 0.25) is 0 Å². The number of ether oxygens (including phenoxy) is 1. The Morgan fingerprint density at radius 1 is 1.24 bits per heavy atom. The number of carbonyl (C=O) groups is 3. The number of nitrogens with one attached hydrogen (secondary N) is 1. The molecule has 2 aromatic carbocycles. The Bertz CT molecular complexity index is 1040. The van der Waals surface area contributed by atoms with E-state index in [-0.39, 0.29) is 11.4 Å². The van der Waals surface area contributed by atoms with E-state index in [0.717, 1.165) is 32.3 Å². The molecule has 0 atom stereocenters. The lowest BCUT2D eigenvalue weighted by Crippen LogP contribution is -2.36. The number of nitrogens with zero attached hydrogens (tertiary/aromatic N) is 1. The molecule has 150 valence electrons. The molecule has 0 bridgehead atoms. The third kappa shape index (κ3) is 4.71. The van der Waals surface area contributed by atoms with Crippen molar-refractivity contribution in [2.24, 2.45) is 0 Å². The topological polar surface area (TPSA) is 75.7 Å². The Morgan fingerprint density at radius 2 is 2.00 bits per heavy atom. The molecule has 1 heterocycles. The summed E-state index contributed by atoms with van der Waals surface area (Å²) >= 11 is 4.19. The summed E-state index contributed by atoms with van der Waals surface area (Å²) in [6, 6.07) is 10.9. The minimum atomic E-state index is -0.502. The molecule has 1 N–H and O–H groups in total. The number of hydrogen-bond donors (Lipinski definition) is 1. The Balaban J connectivity index is 1.76. The smallest absolute Gasteiger partial charge is 0.294 e. The maximum Gasteiger partial charge on any atom is 0.294 e. The van der Waals surface area contributed by atoms with Crippen LogP contribution in [-0.2, 0) is 9.59 Å². The number of methoxy groups -OCH3 is 1. The third-order valence-corrected chi connectivity index (χ3v) is 5.93. The molecule has 0 radical (unpaired) electrons. The van der Waals surface area contributed by atoms with E-state index < -0.39 is 17.1 Å². The number of benzene rings is 2. The molecule has 1 saturated heterocycles. The maximum absolute atomic E-state index is 12.7. The molecule has 1 aliphatic rings. The van der Waals surface area contributed by atoms with Gasteiger partial charge in [0.1, 0.15) is 12.3 Å². The standard InChI is InChI=1S/C21H19BrN2O4S/c1-12-5-4-6-16(13(12)2)23-19(25)11-24-20(26)18(29-21(24)27)10-14-9-15(22)7-8-17(14)28-3/h4-10H,11H2,1-3H3,(H,23,25)/b18-10+. The minimum absolute atomic E-state index is 0.242. The molecule has 29 heavy (non-hydrogen) atoms. The van der Waals surface area contributed by atoms with Crippen molar-refractivity contribution in [3.05, 3.63) is 62.5 Å². The van der Waals surface area contributed by atoms with Crippen molar-refractivity contribution in [1.29, 1.82) is 0 Å². The first-order valence-corrected chi connectivity index (χ1v) is 10.4. The first-order chi connectivity index (χ1) is 13.8. The third-order valence-electron chi connectivity index (χ3n) is 4.53. The Hall–Kier alpha value is -2.58. The van der Waals surface area contributed by atoms with Gasteiger partial charge in [-0.15, -0.1) is 0 Å². The van der Waals surface area contributed by atoms with Gasteiger partial charge in [-0.1, -0.05) is 28.1 Å². The summed E-state index contributed by atoms with van der Waals surface area (Å²) in [5.41, 5.74) is 3.31. The van der Waals surface area contributed by atoms with Crippen molar-refractivity contribution in [3.8, 4) is 5.75 Å². The Kier molecular flexibility index (Phi) is 6.44. The molecule has 6 nitrogen and oxygen atoms in total. The Morgan fingerprint density at radius 3 is 2.72 bits per heavy atom. The number of halogens is 1. The van der Waals surface area contributed by atoms with Gasteiger partial charge in [-0.25, -0.2) is 0 Å². The fourth-order valence-electron chi connectivity index (χ4n) is 2.82. The van der Waals surface area contributed by atoms with Gasteiger partial charge in [-0.3, -0.25) is 19.3 Å². The van der Waals surface area contributed by atoms with E-state index in [2.05, 4.69) is 21.2 Å². The van der Waals surface area contributed by atoms with Gasteiger partial charge in [0.2, 0.25) is 5.91 Å². The van der Waals surface area contributed by atoms with Crippen molar-refractivity contribution in [3.63, 3.8) is 0 Å². The van der Waals surface area contributed by atoms with Crippen LogP contribution in [0.4, 0.5) is 10.5 Å². The van der Waals surface area contributed by atoms with Crippen LogP contribution >= 0.6 is 27.7 Å². The number of hydrogen-bond acceptors (Lipinski definition) is 5. The van der Waals surface area contributed by atoms with E-state index in [1.165, 1.54) is 7.11 Å². The van der Waals surface area contributed by atoms with Gasteiger partial charge in [0, 0.05) is 15.7 Å². The summed E-state index contributed by atoms with van der Waals surface area (Å²) in [5.74, 6) is -0.354. The first-order valence-electron chi connectivity index (χ1n) is 8.75. The lowest BCUT2D eigenvalue weighted by molar-refractivity contribution is -0.127. The summed E-state index contributed by atoms with van der Waals surface area (Å²) < 4.78 is 6.12. The van der Waals surface area contributed by atoms with Crippen molar-refractivity contribution >= 4 is 56.5 Å². The minimum Gasteiger partial charge on any atom is -0.496 e. The fraction of sp³-hybridized carbons (Fsp3) is 0.190. The van der Waals surface area contributed by atoms with E-state index in [1.807, 2.05) is 32.0 Å². The van der Waals surface area contributed by atoms with Crippen molar-refractivity contribution < 1.29 is 19.1 Å². The molecule has 0 spiro atoms. The Labute approximate surface area is 181 Å². The van der Waals surface area contributed by atoms with Crippen LogP contribution in [0.25, 0.3) is 6.08 Å². The maximum atomic E-state index is 12.7. The highest BCUT2D eigenvalue weighted by Gasteiger charge is 2.36. The largest absolute Gasteiger partial charge is 0.496 e. The van der Waals surface area contributed by atoms with Gasteiger partial charge >= 0.3 is 0 Å². The average Bonchev–Trinajstić information content (AvgIpc) is 2.93. The number of thioether (sulfide) groups is 1. The highest BCUT2D eigenvalue weighted by atomic mass is 79.9. The van der Waals surface area contributed by atoms with Crippen LogP contribution < -0.4 is 10.1 Å². The fourth-order valence-corrected chi connectivity index (χ4v) is 4.02. The summed E-state index contributed by atoms with van der Waals surface area (Å²) in [6.07, 6.45) is 1.59. The van der Waals surface area contributed by atoms with Gasteiger partial charge in [0.05, 0.1) is 12.0 Å². The highest BCUT2D eigenvalue weighted by molar-refractivity contribution is 9.10. The monoisotopic (exact) mass is 474 g/mol.